The van der Waals surface area contributed by atoms with Crippen LogP contribution in [0.2, 0.25) is 0 Å². The van der Waals surface area contributed by atoms with Crippen LogP contribution in [-0.2, 0) is 28.6 Å². The molecule has 0 aliphatic rings. The zero-order valence-corrected chi connectivity index (χ0v) is 47.5. The molecule has 0 radical (unpaired) electrons. The number of aliphatic hydroxyl groups is 1. The number of carbonyl (C=O) groups is 3. The highest BCUT2D eigenvalue weighted by Crippen LogP contribution is 2.22. The van der Waals surface area contributed by atoms with Crippen LogP contribution in [0.15, 0.2) is 0 Å². The lowest BCUT2D eigenvalue weighted by Gasteiger charge is -2.25. The van der Waals surface area contributed by atoms with Crippen LogP contribution in [0, 0.1) is 11.8 Å². The summed E-state index contributed by atoms with van der Waals surface area (Å²) in [5.74, 6) is 1.08. The van der Waals surface area contributed by atoms with Gasteiger partial charge in [-0.2, -0.15) is 0 Å². The molecule has 0 aromatic carbocycles. The summed E-state index contributed by atoms with van der Waals surface area (Å²) in [6.07, 6.45) is 46.9. The quantitative estimate of drug-likeness (QED) is 0.0474. The maximum atomic E-state index is 13.3. The van der Waals surface area contributed by atoms with Crippen molar-refractivity contribution in [2.45, 2.75) is 298 Å². The second kappa shape index (κ2) is 55.0. The van der Waals surface area contributed by atoms with Crippen molar-refractivity contribution < 1.29 is 33.7 Å². The number of carbonyl (C=O) groups excluding carboxylic acids is 3. The van der Waals surface area contributed by atoms with E-state index in [9.17, 15) is 14.4 Å². The van der Waals surface area contributed by atoms with E-state index < -0.39 is 0 Å². The number of ether oxygens (including phenoxy) is 3. The van der Waals surface area contributed by atoms with Crippen molar-refractivity contribution in [1.29, 1.82) is 0 Å². The van der Waals surface area contributed by atoms with Crippen molar-refractivity contribution in [2.75, 3.05) is 65.8 Å². The highest BCUT2D eigenvalue weighted by molar-refractivity contribution is 5.76. The number of aliphatic hydroxyl groups excluding tert-OH is 1. The lowest BCUT2D eigenvalue weighted by atomic mass is 9.95. The third-order valence-corrected chi connectivity index (χ3v) is 14.5. The van der Waals surface area contributed by atoms with Crippen LogP contribution in [0.25, 0.3) is 0 Å². The van der Waals surface area contributed by atoms with E-state index in [2.05, 4.69) is 44.4 Å². The molecule has 0 saturated heterocycles. The van der Waals surface area contributed by atoms with Gasteiger partial charge in [-0.3, -0.25) is 14.4 Å². The van der Waals surface area contributed by atoms with E-state index in [0.29, 0.717) is 50.9 Å². The Balaban J connectivity index is 5.21. The van der Waals surface area contributed by atoms with Crippen LogP contribution < -0.4 is 0 Å². The molecule has 0 rings (SSSR count). The van der Waals surface area contributed by atoms with E-state index in [-0.39, 0.29) is 31.1 Å². The molecule has 1 N–H and O–H groups in total. The summed E-state index contributed by atoms with van der Waals surface area (Å²) in [6, 6.07) is 0. The number of hydrogen-bond donors (Lipinski definition) is 1. The number of amides is 1. The summed E-state index contributed by atoms with van der Waals surface area (Å²) >= 11 is 0. The Kier molecular flexibility index (Phi) is 53.7. The SMILES string of the molecule is CCCCCCCCC(CCCCCC)COC(=O)CCCCCN(CCCCCC(=O)OCC(CCCCCC)CCCCCCCC)CCCCN(CCCCCCCC)C(=O)CCOCCO. The first-order valence-corrected chi connectivity index (χ1v) is 30.8. The smallest absolute Gasteiger partial charge is 0.305 e. The van der Waals surface area contributed by atoms with E-state index in [0.717, 1.165) is 96.9 Å². The summed E-state index contributed by atoms with van der Waals surface area (Å²) in [5.41, 5.74) is 0. The van der Waals surface area contributed by atoms with E-state index in [1.165, 1.54) is 180 Å². The molecule has 416 valence electrons. The van der Waals surface area contributed by atoms with Gasteiger partial charge in [-0.15, -0.1) is 0 Å². The van der Waals surface area contributed by atoms with Gasteiger partial charge in [-0.25, -0.2) is 0 Å². The minimum absolute atomic E-state index is 0.0244. The van der Waals surface area contributed by atoms with Crippen LogP contribution in [0.3, 0.4) is 0 Å². The Hall–Kier alpha value is -1.71. The third-order valence-electron chi connectivity index (χ3n) is 14.5. The first-order valence-electron chi connectivity index (χ1n) is 30.8. The van der Waals surface area contributed by atoms with Gasteiger partial charge in [0, 0.05) is 25.9 Å². The maximum absolute atomic E-state index is 13.3. The fraction of sp³-hybridized carbons (Fsp3) is 0.951. The molecular formula is C61H120N2O7. The molecule has 0 bridgehead atoms. The molecule has 0 saturated carbocycles. The number of nitrogens with zero attached hydrogens (tertiary/aromatic N) is 2. The van der Waals surface area contributed by atoms with Crippen LogP contribution in [0.5, 0.6) is 0 Å². The number of rotatable bonds is 57. The van der Waals surface area contributed by atoms with Crippen molar-refractivity contribution in [2.24, 2.45) is 11.8 Å². The van der Waals surface area contributed by atoms with Gasteiger partial charge < -0.3 is 29.1 Å². The molecular weight excluding hydrogens is 873 g/mol. The molecule has 1 amide bonds. The highest BCUT2D eigenvalue weighted by Gasteiger charge is 2.16. The molecule has 2 atom stereocenters. The fourth-order valence-electron chi connectivity index (χ4n) is 9.80. The van der Waals surface area contributed by atoms with Crippen molar-refractivity contribution in [3.63, 3.8) is 0 Å². The van der Waals surface area contributed by atoms with Crippen LogP contribution in [0.4, 0.5) is 0 Å². The lowest BCUT2D eigenvalue weighted by molar-refractivity contribution is -0.146. The van der Waals surface area contributed by atoms with Gasteiger partial charge in [-0.05, 0) is 102 Å². The standard InChI is InChI=1S/C61H120N2O7/c1-6-11-16-21-24-31-42-57(40-29-19-14-9-4)55-69-60(66)44-33-27-35-47-62(49-38-39-51-63(50-37-26-23-18-13-8-3)59(65)46-53-68-54-52-64)48-36-28-34-45-61(67)70-56-58(41-30-20-15-10-5)43-32-25-22-17-12-7-2/h57-58,64H,6-56H2,1-5H3. The third kappa shape index (κ3) is 47.3. The predicted molar refractivity (Wildman–Crippen MR) is 297 cm³/mol. The zero-order chi connectivity index (χ0) is 51.2. The highest BCUT2D eigenvalue weighted by atomic mass is 16.5. The molecule has 9 nitrogen and oxygen atoms in total. The van der Waals surface area contributed by atoms with E-state index in [1.54, 1.807) is 0 Å². The minimum Gasteiger partial charge on any atom is -0.465 e. The zero-order valence-electron chi connectivity index (χ0n) is 47.5. The molecule has 0 aliphatic heterocycles. The normalized spacial score (nSPS) is 12.4. The van der Waals surface area contributed by atoms with E-state index in [1.807, 2.05) is 0 Å². The lowest BCUT2D eigenvalue weighted by Crippen LogP contribution is -2.34. The van der Waals surface area contributed by atoms with Gasteiger partial charge in [0.1, 0.15) is 0 Å². The first-order chi connectivity index (χ1) is 34.3. The van der Waals surface area contributed by atoms with E-state index in [4.69, 9.17) is 19.3 Å². The van der Waals surface area contributed by atoms with Crippen molar-refractivity contribution in [3.05, 3.63) is 0 Å². The molecule has 70 heavy (non-hydrogen) atoms. The average molecular weight is 994 g/mol. The minimum atomic E-state index is -0.0304. The second-order valence-corrected chi connectivity index (χ2v) is 21.3. The number of unbranched alkanes of at least 4 members (excludes halogenated alkanes) is 26. The van der Waals surface area contributed by atoms with Crippen LogP contribution >= 0.6 is 0 Å². The van der Waals surface area contributed by atoms with Gasteiger partial charge in [0.2, 0.25) is 5.91 Å². The Bertz CT molecular complexity index is 1050. The van der Waals surface area contributed by atoms with Gasteiger partial charge in [0.25, 0.3) is 0 Å². The summed E-state index contributed by atoms with van der Waals surface area (Å²) in [5, 5.41) is 9.11. The Morgan fingerprint density at radius 1 is 0.371 bits per heavy atom. The Morgan fingerprint density at radius 3 is 1.09 bits per heavy atom. The summed E-state index contributed by atoms with van der Waals surface area (Å²) in [7, 11) is 0. The first kappa shape index (κ1) is 68.3. The average Bonchev–Trinajstić information content (AvgIpc) is 3.36. The molecule has 0 aliphatic carbocycles. The molecule has 0 aromatic heterocycles. The fourth-order valence-corrected chi connectivity index (χ4v) is 9.80. The summed E-state index contributed by atoms with van der Waals surface area (Å²) in [4.78, 5) is 43.7. The number of esters is 2. The largest absolute Gasteiger partial charge is 0.465 e. The van der Waals surface area contributed by atoms with Gasteiger partial charge >= 0.3 is 11.9 Å². The summed E-state index contributed by atoms with van der Waals surface area (Å²) in [6.45, 7) is 17.6. The molecule has 0 spiro atoms. The topological polar surface area (TPSA) is 106 Å². The Morgan fingerprint density at radius 2 is 0.686 bits per heavy atom. The Labute approximate surface area is 435 Å². The molecule has 0 aromatic rings. The second-order valence-electron chi connectivity index (χ2n) is 21.3. The van der Waals surface area contributed by atoms with Gasteiger partial charge in [-0.1, -0.05) is 208 Å². The molecule has 9 heteroatoms. The van der Waals surface area contributed by atoms with Crippen molar-refractivity contribution in [3.8, 4) is 0 Å². The predicted octanol–water partition coefficient (Wildman–Crippen LogP) is 16.5. The van der Waals surface area contributed by atoms with Crippen molar-refractivity contribution >= 4 is 17.8 Å². The van der Waals surface area contributed by atoms with Gasteiger partial charge in [0.05, 0.1) is 39.5 Å². The van der Waals surface area contributed by atoms with Crippen LogP contribution in [0.1, 0.15) is 298 Å². The monoisotopic (exact) mass is 993 g/mol. The molecule has 0 heterocycles. The van der Waals surface area contributed by atoms with Gasteiger partial charge in [0.15, 0.2) is 0 Å². The maximum Gasteiger partial charge on any atom is 0.305 e. The molecule has 0 fully saturated rings. The summed E-state index contributed by atoms with van der Waals surface area (Å²) < 4.78 is 17.3. The van der Waals surface area contributed by atoms with Crippen molar-refractivity contribution in [1.82, 2.24) is 9.80 Å². The number of hydrogen-bond acceptors (Lipinski definition) is 8. The van der Waals surface area contributed by atoms with Crippen LogP contribution in [-0.4, -0.2) is 98.5 Å². The van der Waals surface area contributed by atoms with E-state index >= 15 is 0 Å². The molecule has 2 unspecified atom stereocenters.